The molecule has 3 aromatic rings. The van der Waals surface area contributed by atoms with Gasteiger partial charge in [-0.05, 0) is 65.3 Å². The molecular weight excluding hydrogens is 471 g/mol. The summed E-state index contributed by atoms with van der Waals surface area (Å²) < 4.78 is 42.3. The predicted octanol–water partition coefficient (Wildman–Crippen LogP) is 6.74. The molecule has 35 heavy (non-hydrogen) atoms. The van der Waals surface area contributed by atoms with Crippen molar-refractivity contribution in [2.75, 3.05) is 18.0 Å². The molecule has 1 aliphatic heterocycles. The lowest BCUT2D eigenvalue weighted by Gasteiger charge is -2.19. The summed E-state index contributed by atoms with van der Waals surface area (Å²) in [7, 11) is 0. The average Bonchev–Trinajstić information content (AvgIpc) is 3.27. The largest absolute Gasteiger partial charge is 0.417 e. The molecule has 2 N–H and O–H groups in total. The summed E-state index contributed by atoms with van der Waals surface area (Å²) >= 11 is 1.15. The SMILES string of the molecule is CC(C)c1ccccc1Sc1ccc(-c2ccnc(N3CCC(CC(N)=O)C3)c2)cc1C(F)(F)F. The van der Waals surface area contributed by atoms with Crippen molar-refractivity contribution in [3.63, 3.8) is 0 Å². The second kappa shape index (κ2) is 10.3. The fourth-order valence-corrected chi connectivity index (χ4v) is 5.68. The van der Waals surface area contributed by atoms with Crippen molar-refractivity contribution in [1.29, 1.82) is 0 Å². The summed E-state index contributed by atoms with van der Waals surface area (Å²) in [6.45, 7) is 5.44. The topological polar surface area (TPSA) is 59.2 Å². The molecule has 4 rings (SSSR count). The van der Waals surface area contributed by atoms with Crippen LogP contribution in [0.3, 0.4) is 0 Å². The number of amides is 1. The van der Waals surface area contributed by atoms with Gasteiger partial charge < -0.3 is 10.6 Å². The number of nitrogens with two attached hydrogens (primary N) is 1. The lowest BCUT2D eigenvalue weighted by Crippen LogP contribution is -2.23. The lowest BCUT2D eigenvalue weighted by atomic mass is 10.0. The third-order valence-electron chi connectivity index (χ3n) is 6.22. The van der Waals surface area contributed by atoms with E-state index < -0.39 is 11.7 Å². The smallest absolute Gasteiger partial charge is 0.370 e. The van der Waals surface area contributed by atoms with Crippen LogP contribution in [0.15, 0.2) is 70.6 Å². The summed E-state index contributed by atoms with van der Waals surface area (Å²) in [6, 6.07) is 15.6. The number of rotatable bonds is 7. The summed E-state index contributed by atoms with van der Waals surface area (Å²) in [5.41, 5.74) is 6.84. The fourth-order valence-electron chi connectivity index (χ4n) is 4.45. The van der Waals surface area contributed by atoms with Gasteiger partial charge in [-0.1, -0.05) is 49.9 Å². The fraction of sp³-hybridized carbons (Fsp3) is 0.333. The number of carbonyl (C=O) groups excluding carboxylic acids is 1. The van der Waals surface area contributed by atoms with E-state index in [9.17, 15) is 18.0 Å². The van der Waals surface area contributed by atoms with E-state index in [1.54, 1.807) is 24.4 Å². The van der Waals surface area contributed by atoms with Gasteiger partial charge in [0.15, 0.2) is 0 Å². The van der Waals surface area contributed by atoms with Crippen LogP contribution in [0.4, 0.5) is 19.0 Å². The van der Waals surface area contributed by atoms with Crippen molar-refractivity contribution in [3.05, 3.63) is 71.9 Å². The first kappa shape index (κ1) is 25.1. The number of carbonyl (C=O) groups is 1. The van der Waals surface area contributed by atoms with E-state index in [0.29, 0.717) is 29.9 Å². The number of hydrogen-bond donors (Lipinski definition) is 1. The van der Waals surface area contributed by atoms with E-state index in [1.165, 1.54) is 6.07 Å². The number of anilines is 1. The Bertz CT molecular complexity index is 1210. The maximum absolute atomic E-state index is 14.1. The Kier molecular flexibility index (Phi) is 7.40. The van der Waals surface area contributed by atoms with Gasteiger partial charge in [0.1, 0.15) is 5.82 Å². The van der Waals surface area contributed by atoms with Crippen molar-refractivity contribution in [2.24, 2.45) is 11.7 Å². The minimum atomic E-state index is -4.49. The molecule has 0 aliphatic carbocycles. The van der Waals surface area contributed by atoms with Crippen LogP contribution in [-0.4, -0.2) is 24.0 Å². The van der Waals surface area contributed by atoms with Gasteiger partial charge in [-0.2, -0.15) is 13.2 Å². The highest BCUT2D eigenvalue weighted by molar-refractivity contribution is 7.99. The van der Waals surface area contributed by atoms with E-state index in [-0.39, 0.29) is 22.6 Å². The van der Waals surface area contributed by atoms with Crippen molar-refractivity contribution in [3.8, 4) is 11.1 Å². The monoisotopic (exact) mass is 499 g/mol. The molecule has 0 bridgehead atoms. The number of nitrogens with zero attached hydrogens (tertiary/aromatic N) is 2. The second-order valence-electron chi connectivity index (χ2n) is 9.18. The molecule has 1 amide bonds. The Hall–Kier alpha value is -3.00. The predicted molar refractivity (Wildman–Crippen MR) is 133 cm³/mol. The molecular formula is C27H28F3N3OS. The first-order valence-electron chi connectivity index (χ1n) is 11.6. The molecule has 184 valence electrons. The van der Waals surface area contributed by atoms with Crippen LogP contribution in [0.25, 0.3) is 11.1 Å². The van der Waals surface area contributed by atoms with Crippen molar-refractivity contribution in [1.82, 2.24) is 4.98 Å². The quantitative estimate of drug-likeness (QED) is 0.391. The zero-order valence-electron chi connectivity index (χ0n) is 19.7. The number of pyridine rings is 1. The van der Waals surface area contributed by atoms with Gasteiger partial charge >= 0.3 is 6.18 Å². The van der Waals surface area contributed by atoms with Crippen LogP contribution < -0.4 is 10.6 Å². The van der Waals surface area contributed by atoms with Crippen molar-refractivity contribution in [2.45, 2.75) is 48.6 Å². The Morgan fingerprint density at radius 1 is 1.11 bits per heavy atom. The Morgan fingerprint density at radius 2 is 1.86 bits per heavy atom. The van der Waals surface area contributed by atoms with Gasteiger partial charge in [0.05, 0.1) is 5.56 Å². The van der Waals surface area contributed by atoms with Gasteiger partial charge in [-0.3, -0.25) is 4.79 Å². The lowest BCUT2D eigenvalue weighted by molar-refractivity contribution is -0.139. The van der Waals surface area contributed by atoms with Crippen LogP contribution in [0.5, 0.6) is 0 Å². The highest BCUT2D eigenvalue weighted by Crippen LogP contribution is 2.43. The molecule has 0 radical (unpaired) electrons. The van der Waals surface area contributed by atoms with Crippen LogP contribution in [0, 0.1) is 5.92 Å². The molecule has 8 heteroatoms. The number of halogens is 3. The third kappa shape index (κ3) is 5.99. The van der Waals surface area contributed by atoms with Crippen LogP contribution in [-0.2, 0) is 11.0 Å². The molecule has 4 nitrogen and oxygen atoms in total. The Morgan fingerprint density at radius 3 is 2.57 bits per heavy atom. The molecule has 2 aromatic carbocycles. The normalized spacial score (nSPS) is 16.2. The molecule has 0 spiro atoms. The number of aromatic nitrogens is 1. The maximum Gasteiger partial charge on any atom is 0.417 e. The maximum atomic E-state index is 14.1. The van der Waals surface area contributed by atoms with Gasteiger partial charge in [0.2, 0.25) is 5.91 Å². The van der Waals surface area contributed by atoms with Crippen molar-refractivity contribution < 1.29 is 18.0 Å². The highest BCUT2D eigenvalue weighted by atomic mass is 32.2. The molecule has 1 fully saturated rings. The number of alkyl halides is 3. The summed E-state index contributed by atoms with van der Waals surface area (Å²) in [4.78, 5) is 18.7. The number of benzene rings is 2. The first-order valence-corrected chi connectivity index (χ1v) is 12.4. The van der Waals surface area contributed by atoms with E-state index in [0.717, 1.165) is 35.2 Å². The van der Waals surface area contributed by atoms with Crippen molar-refractivity contribution >= 4 is 23.5 Å². The molecule has 1 saturated heterocycles. The zero-order valence-corrected chi connectivity index (χ0v) is 20.5. The number of hydrogen-bond acceptors (Lipinski definition) is 4. The molecule has 1 aliphatic rings. The van der Waals surface area contributed by atoms with E-state index in [2.05, 4.69) is 9.88 Å². The van der Waals surface area contributed by atoms with Gasteiger partial charge in [-0.15, -0.1) is 0 Å². The minimum Gasteiger partial charge on any atom is -0.370 e. The molecule has 1 unspecified atom stereocenters. The Balaban J connectivity index is 1.64. The van der Waals surface area contributed by atoms with E-state index in [4.69, 9.17) is 5.73 Å². The standard InChI is InChI=1S/C27H28F3N3OS/c1-17(2)21-5-3-4-6-23(21)35-24-8-7-19(14-22(24)27(28,29)30)20-9-11-32-26(15-20)33-12-10-18(16-33)13-25(31)34/h3-9,11,14-15,17-18H,10,12-13,16H2,1-2H3,(H2,31,34). The number of primary amides is 1. The molecule has 1 aromatic heterocycles. The van der Waals surface area contributed by atoms with Crippen LogP contribution >= 0.6 is 11.8 Å². The molecule has 1 atom stereocenters. The first-order chi connectivity index (χ1) is 16.6. The molecule has 2 heterocycles. The average molecular weight is 500 g/mol. The molecule has 0 saturated carbocycles. The highest BCUT2D eigenvalue weighted by Gasteiger charge is 2.34. The summed E-state index contributed by atoms with van der Waals surface area (Å²) in [6.07, 6.45) is -1.72. The second-order valence-corrected chi connectivity index (χ2v) is 10.3. The summed E-state index contributed by atoms with van der Waals surface area (Å²) in [5, 5.41) is 0. The summed E-state index contributed by atoms with van der Waals surface area (Å²) in [5.74, 6) is 0.732. The van der Waals surface area contributed by atoms with Crippen LogP contribution in [0.1, 0.15) is 43.7 Å². The zero-order chi connectivity index (χ0) is 25.2. The van der Waals surface area contributed by atoms with Crippen LogP contribution in [0.2, 0.25) is 0 Å². The van der Waals surface area contributed by atoms with E-state index >= 15 is 0 Å². The van der Waals surface area contributed by atoms with Gasteiger partial charge in [-0.25, -0.2) is 4.98 Å². The third-order valence-corrected chi connectivity index (χ3v) is 7.39. The minimum absolute atomic E-state index is 0.166. The van der Waals surface area contributed by atoms with Gasteiger partial charge in [0, 0.05) is 35.5 Å². The van der Waals surface area contributed by atoms with Gasteiger partial charge in [0.25, 0.3) is 0 Å². The Labute approximate surface area is 207 Å². The van der Waals surface area contributed by atoms with E-state index in [1.807, 2.05) is 44.2 Å².